The molecule has 2 saturated carbocycles. The van der Waals surface area contributed by atoms with Crippen LogP contribution in [-0.4, -0.2) is 17.9 Å². The highest BCUT2D eigenvalue weighted by atomic mass is 16.5. The third-order valence-electron chi connectivity index (χ3n) is 6.46. The molecule has 3 aliphatic carbocycles. The highest BCUT2D eigenvalue weighted by molar-refractivity contribution is 5.96. The number of allylic oxidation sites excluding steroid dienone is 2. The first-order chi connectivity index (χ1) is 9.99. The third-order valence-corrected chi connectivity index (χ3v) is 6.46. The summed E-state index contributed by atoms with van der Waals surface area (Å²) in [6.07, 6.45) is 7.10. The Morgan fingerprint density at radius 3 is 2.71 bits per heavy atom. The Hall–Kier alpha value is -1.12. The van der Waals surface area contributed by atoms with E-state index in [-0.39, 0.29) is 17.5 Å². The Morgan fingerprint density at radius 1 is 1.29 bits per heavy atom. The normalized spacial score (nSPS) is 39.0. The van der Waals surface area contributed by atoms with Gasteiger partial charge in [0, 0.05) is 18.8 Å². The lowest BCUT2D eigenvalue weighted by Crippen LogP contribution is -2.45. The molecule has 3 nitrogen and oxygen atoms in total. The summed E-state index contributed by atoms with van der Waals surface area (Å²) in [5.41, 5.74) is 2.61. The summed E-state index contributed by atoms with van der Waals surface area (Å²) in [6.45, 7) is 5.78. The second kappa shape index (κ2) is 5.26. The average molecular weight is 290 g/mol. The van der Waals surface area contributed by atoms with Gasteiger partial charge in [0.05, 0.1) is 0 Å². The van der Waals surface area contributed by atoms with Crippen molar-refractivity contribution in [3.05, 3.63) is 11.1 Å². The number of carbonyl (C=O) groups is 2. The van der Waals surface area contributed by atoms with Gasteiger partial charge in [-0.2, -0.15) is 0 Å². The summed E-state index contributed by atoms with van der Waals surface area (Å²) in [5.74, 6) is 1.35. The van der Waals surface area contributed by atoms with Crippen LogP contribution >= 0.6 is 0 Å². The van der Waals surface area contributed by atoms with E-state index in [0.717, 1.165) is 44.1 Å². The molecule has 0 aromatic carbocycles. The average Bonchev–Trinajstić information content (AvgIpc) is 2.81. The molecule has 4 atom stereocenters. The fourth-order valence-corrected chi connectivity index (χ4v) is 5.43. The van der Waals surface area contributed by atoms with Crippen LogP contribution < -0.4 is 0 Å². The fraction of sp³-hybridized carbons (Fsp3) is 0.778. The maximum atomic E-state index is 12.0. The van der Waals surface area contributed by atoms with Gasteiger partial charge >= 0.3 is 5.97 Å². The van der Waals surface area contributed by atoms with Gasteiger partial charge in [0.15, 0.2) is 5.78 Å². The predicted molar refractivity (Wildman–Crippen MR) is 80.7 cm³/mol. The lowest BCUT2D eigenvalue weighted by atomic mass is 9.57. The number of ketones is 1. The van der Waals surface area contributed by atoms with E-state index in [1.54, 1.807) is 0 Å². The molecule has 21 heavy (non-hydrogen) atoms. The molecule has 3 aliphatic rings. The molecule has 0 heterocycles. The largest absolute Gasteiger partial charge is 0.462 e. The maximum absolute atomic E-state index is 12.0. The van der Waals surface area contributed by atoms with E-state index in [2.05, 4.69) is 6.92 Å². The number of carbonyl (C=O) groups excluding carboxylic acids is 2. The third kappa shape index (κ3) is 2.16. The predicted octanol–water partition coefficient (Wildman–Crippen LogP) is 3.81. The summed E-state index contributed by atoms with van der Waals surface area (Å²) < 4.78 is 5.68. The van der Waals surface area contributed by atoms with Gasteiger partial charge in [-0.3, -0.25) is 9.59 Å². The molecule has 0 spiro atoms. The summed E-state index contributed by atoms with van der Waals surface area (Å²) in [4.78, 5) is 23.4. The zero-order valence-corrected chi connectivity index (χ0v) is 13.4. The zero-order chi connectivity index (χ0) is 15.2. The van der Waals surface area contributed by atoms with Gasteiger partial charge in [-0.15, -0.1) is 0 Å². The highest BCUT2D eigenvalue weighted by Crippen LogP contribution is 2.61. The molecule has 0 aromatic heterocycles. The molecule has 2 fully saturated rings. The van der Waals surface area contributed by atoms with Crippen molar-refractivity contribution in [3.63, 3.8) is 0 Å². The van der Waals surface area contributed by atoms with Crippen LogP contribution in [0.2, 0.25) is 0 Å². The van der Waals surface area contributed by atoms with Gasteiger partial charge in [0.1, 0.15) is 6.10 Å². The second-order valence-electron chi connectivity index (χ2n) is 7.09. The lowest BCUT2D eigenvalue weighted by molar-refractivity contribution is -0.155. The van der Waals surface area contributed by atoms with Crippen molar-refractivity contribution in [3.8, 4) is 0 Å². The van der Waals surface area contributed by atoms with Crippen LogP contribution in [0, 0.1) is 17.3 Å². The highest BCUT2D eigenvalue weighted by Gasteiger charge is 2.56. The number of hydrogen-bond acceptors (Lipinski definition) is 3. The SMILES string of the molecule is CC[C@@]12CCC3=C(C)C(=O)CCC3C1CC[C@H]2OC(C)=O. The van der Waals surface area contributed by atoms with E-state index in [4.69, 9.17) is 4.74 Å². The first-order valence-corrected chi connectivity index (χ1v) is 8.39. The molecule has 2 unspecified atom stereocenters. The molecular formula is C18H26O3. The van der Waals surface area contributed by atoms with Crippen LogP contribution in [0.1, 0.15) is 65.7 Å². The van der Waals surface area contributed by atoms with Crippen LogP contribution in [0.3, 0.4) is 0 Å². The topological polar surface area (TPSA) is 43.4 Å². The number of esters is 1. The van der Waals surface area contributed by atoms with Crippen molar-refractivity contribution >= 4 is 11.8 Å². The minimum absolute atomic E-state index is 0.0875. The number of hydrogen-bond donors (Lipinski definition) is 0. The van der Waals surface area contributed by atoms with Gasteiger partial charge in [-0.25, -0.2) is 0 Å². The molecule has 0 radical (unpaired) electrons. The van der Waals surface area contributed by atoms with Crippen molar-refractivity contribution in [2.45, 2.75) is 71.8 Å². The Bertz CT molecular complexity index is 505. The fourth-order valence-electron chi connectivity index (χ4n) is 5.43. The minimum Gasteiger partial charge on any atom is -0.462 e. The zero-order valence-electron chi connectivity index (χ0n) is 13.4. The van der Waals surface area contributed by atoms with Gasteiger partial charge in [0.2, 0.25) is 0 Å². The molecule has 0 N–H and O–H groups in total. The van der Waals surface area contributed by atoms with Crippen molar-refractivity contribution in [1.29, 1.82) is 0 Å². The Labute approximate surface area is 127 Å². The standard InChI is InChI=1S/C18H26O3/c1-4-18-10-9-13-11(2)16(20)7-5-14(13)15(18)6-8-17(18)21-12(3)19/h14-15,17H,4-10H2,1-3H3/t14?,15?,17-,18-/m1/s1. The van der Waals surface area contributed by atoms with Crippen LogP contribution in [0.15, 0.2) is 11.1 Å². The Kier molecular flexibility index (Phi) is 3.71. The molecule has 0 aromatic rings. The number of rotatable bonds is 2. The summed E-state index contributed by atoms with van der Waals surface area (Å²) in [5, 5.41) is 0. The minimum atomic E-state index is -0.148. The van der Waals surface area contributed by atoms with Gasteiger partial charge in [0.25, 0.3) is 0 Å². The monoisotopic (exact) mass is 290 g/mol. The summed E-state index contributed by atoms with van der Waals surface area (Å²) in [6, 6.07) is 0. The summed E-state index contributed by atoms with van der Waals surface area (Å²) >= 11 is 0. The van der Waals surface area contributed by atoms with E-state index in [1.165, 1.54) is 12.5 Å². The Morgan fingerprint density at radius 2 is 2.05 bits per heavy atom. The van der Waals surface area contributed by atoms with Gasteiger partial charge in [-0.05, 0) is 62.9 Å². The molecule has 0 saturated heterocycles. The number of Topliss-reactive ketones (excluding diaryl/α,β-unsaturated/α-hetero) is 1. The van der Waals surface area contributed by atoms with E-state index < -0.39 is 0 Å². The van der Waals surface area contributed by atoms with Crippen LogP contribution in [0.25, 0.3) is 0 Å². The first-order valence-electron chi connectivity index (χ1n) is 8.39. The van der Waals surface area contributed by atoms with Crippen LogP contribution in [-0.2, 0) is 14.3 Å². The molecule has 0 aliphatic heterocycles. The molecule has 116 valence electrons. The van der Waals surface area contributed by atoms with E-state index in [1.807, 2.05) is 6.92 Å². The van der Waals surface area contributed by atoms with E-state index >= 15 is 0 Å². The van der Waals surface area contributed by atoms with Crippen molar-refractivity contribution in [1.82, 2.24) is 0 Å². The first kappa shape index (κ1) is 14.8. The molecule has 3 rings (SSSR count). The number of fused-ring (bicyclic) bond motifs is 3. The quantitative estimate of drug-likeness (QED) is 0.726. The van der Waals surface area contributed by atoms with Crippen LogP contribution in [0.5, 0.6) is 0 Å². The van der Waals surface area contributed by atoms with Gasteiger partial charge < -0.3 is 4.74 Å². The van der Waals surface area contributed by atoms with E-state index in [9.17, 15) is 9.59 Å². The lowest BCUT2D eigenvalue weighted by Gasteiger charge is -2.49. The van der Waals surface area contributed by atoms with Gasteiger partial charge in [-0.1, -0.05) is 12.5 Å². The van der Waals surface area contributed by atoms with Crippen molar-refractivity contribution < 1.29 is 14.3 Å². The molecule has 3 heteroatoms. The molecule has 0 bridgehead atoms. The van der Waals surface area contributed by atoms with Crippen molar-refractivity contribution in [2.75, 3.05) is 0 Å². The maximum Gasteiger partial charge on any atom is 0.302 e. The molecule has 0 amide bonds. The second-order valence-corrected chi connectivity index (χ2v) is 7.09. The number of ether oxygens (including phenoxy) is 1. The van der Waals surface area contributed by atoms with E-state index in [0.29, 0.717) is 24.0 Å². The van der Waals surface area contributed by atoms with Crippen molar-refractivity contribution in [2.24, 2.45) is 17.3 Å². The molecular weight excluding hydrogens is 264 g/mol. The smallest absolute Gasteiger partial charge is 0.302 e. The summed E-state index contributed by atoms with van der Waals surface area (Å²) in [7, 11) is 0. The van der Waals surface area contributed by atoms with Crippen LogP contribution in [0.4, 0.5) is 0 Å². The Balaban J connectivity index is 1.93.